The summed E-state index contributed by atoms with van der Waals surface area (Å²) in [6, 6.07) is 10.1. The van der Waals surface area contributed by atoms with Crippen LogP contribution in [0.3, 0.4) is 0 Å². The highest BCUT2D eigenvalue weighted by Gasteiger charge is 2.18. The quantitative estimate of drug-likeness (QED) is 0.645. The molecule has 0 radical (unpaired) electrons. The number of halogens is 1. The Bertz CT molecular complexity index is 370. The van der Waals surface area contributed by atoms with E-state index in [1.165, 1.54) is 0 Å². The van der Waals surface area contributed by atoms with Crippen molar-refractivity contribution in [1.29, 1.82) is 0 Å². The highest BCUT2D eigenvalue weighted by atomic mass is 35.5. The number of hydrogen-bond acceptors (Lipinski definition) is 4. The van der Waals surface area contributed by atoms with Crippen LogP contribution in [0.2, 0.25) is 0 Å². The fraction of sp³-hybridized carbons (Fsp3) is 0.625. The van der Waals surface area contributed by atoms with Gasteiger partial charge in [0.15, 0.2) is 0 Å². The van der Waals surface area contributed by atoms with E-state index in [-0.39, 0.29) is 12.4 Å². The highest BCUT2D eigenvalue weighted by Crippen LogP contribution is 2.04. The van der Waals surface area contributed by atoms with Gasteiger partial charge in [-0.1, -0.05) is 37.3 Å². The number of benzene rings is 1. The maximum atomic E-state index is 10.0. The number of likely N-dealkylation sites (N-methyl/N-ethyl adjacent to an activating group) is 1. The van der Waals surface area contributed by atoms with Gasteiger partial charge in [-0.3, -0.25) is 4.90 Å². The molecular weight excluding hydrogens is 288 g/mol. The van der Waals surface area contributed by atoms with Crippen LogP contribution >= 0.6 is 0 Å². The van der Waals surface area contributed by atoms with Crippen LogP contribution < -0.4 is 12.4 Å². The summed E-state index contributed by atoms with van der Waals surface area (Å²) >= 11 is 0. The van der Waals surface area contributed by atoms with Crippen molar-refractivity contribution in [2.75, 3.05) is 45.9 Å². The SMILES string of the molecule is CCN1CCN(CC(O)COCc2ccccc2)CC1.[Cl-]. The molecule has 1 aromatic carbocycles. The van der Waals surface area contributed by atoms with Gasteiger partial charge < -0.3 is 27.2 Å². The van der Waals surface area contributed by atoms with Gasteiger partial charge in [0, 0.05) is 32.7 Å². The third-order valence-corrected chi connectivity index (χ3v) is 3.80. The van der Waals surface area contributed by atoms with Crippen molar-refractivity contribution in [2.45, 2.75) is 19.6 Å². The molecule has 4 nitrogen and oxygen atoms in total. The Morgan fingerprint density at radius 3 is 2.33 bits per heavy atom. The average molecular weight is 314 g/mol. The summed E-state index contributed by atoms with van der Waals surface area (Å²) in [5.74, 6) is 0. The summed E-state index contributed by atoms with van der Waals surface area (Å²) in [5, 5.41) is 10.0. The average Bonchev–Trinajstić information content (AvgIpc) is 2.49. The summed E-state index contributed by atoms with van der Waals surface area (Å²) < 4.78 is 5.58. The number of nitrogens with zero attached hydrogens (tertiary/aromatic N) is 2. The number of piperazine rings is 1. The van der Waals surface area contributed by atoms with Crippen molar-refractivity contribution in [1.82, 2.24) is 9.80 Å². The third kappa shape index (κ3) is 6.76. The van der Waals surface area contributed by atoms with E-state index in [2.05, 4.69) is 16.7 Å². The minimum Gasteiger partial charge on any atom is -1.00 e. The van der Waals surface area contributed by atoms with Crippen molar-refractivity contribution < 1.29 is 22.3 Å². The van der Waals surface area contributed by atoms with E-state index in [0.29, 0.717) is 19.8 Å². The first-order valence-corrected chi connectivity index (χ1v) is 7.52. The molecule has 1 heterocycles. The molecule has 1 N–H and O–H groups in total. The summed E-state index contributed by atoms with van der Waals surface area (Å²) in [6.07, 6.45) is -0.396. The highest BCUT2D eigenvalue weighted by molar-refractivity contribution is 5.13. The molecule has 0 aromatic heterocycles. The van der Waals surface area contributed by atoms with Gasteiger partial charge in [0.25, 0.3) is 0 Å². The molecular formula is C16H26ClN2O2-. The van der Waals surface area contributed by atoms with Gasteiger partial charge in [-0.25, -0.2) is 0 Å². The number of hydrogen-bond donors (Lipinski definition) is 1. The topological polar surface area (TPSA) is 35.9 Å². The number of rotatable bonds is 7. The van der Waals surface area contributed by atoms with Crippen LogP contribution in [0, 0.1) is 0 Å². The third-order valence-electron chi connectivity index (χ3n) is 3.80. The summed E-state index contributed by atoms with van der Waals surface area (Å²) in [6.45, 7) is 9.31. The lowest BCUT2D eigenvalue weighted by molar-refractivity contribution is -0.0000306. The van der Waals surface area contributed by atoms with Gasteiger partial charge in [0.1, 0.15) is 0 Å². The molecule has 0 amide bonds. The molecule has 1 fully saturated rings. The lowest BCUT2D eigenvalue weighted by Crippen LogP contribution is -3.00. The van der Waals surface area contributed by atoms with Gasteiger partial charge in [-0.05, 0) is 12.1 Å². The van der Waals surface area contributed by atoms with Crippen LogP contribution in [0.25, 0.3) is 0 Å². The Morgan fingerprint density at radius 1 is 1.10 bits per heavy atom. The van der Waals surface area contributed by atoms with Crippen LogP contribution in [-0.4, -0.2) is 66.9 Å². The van der Waals surface area contributed by atoms with E-state index in [9.17, 15) is 5.11 Å². The molecule has 0 bridgehead atoms. The summed E-state index contributed by atoms with van der Waals surface area (Å²) in [5.41, 5.74) is 1.15. The van der Waals surface area contributed by atoms with E-state index >= 15 is 0 Å². The molecule has 0 saturated carbocycles. The molecule has 5 heteroatoms. The molecule has 0 spiro atoms. The Labute approximate surface area is 134 Å². The number of aliphatic hydroxyl groups excluding tert-OH is 1. The fourth-order valence-electron chi connectivity index (χ4n) is 2.53. The monoisotopic (exact) mass is 313 g/mol. The Hall–Kier alpha value is -0.650. The number of ether oxygens (including phenoxy) is 1. The smallest absolute Gasteiger partial charge is 0.0900 e. The van der Waals surface area contributed by atoms with Gasteiger partial charge in [0.2, 0.25) is 0 Å². The minimum atomic E-state index is -0.396. The predicted molar refractivity (Wildman–Crippen MR) is 80.7 cm³/mol. The van der Waals surface area contributed by atoms with Crippen LogP contribution in [0.1, 0.15) is 12.5 Å². The van der Waals surface area contributed by atoms with E-state index < -0.39 is 6.10 Å². The molecule has 120 valence electrons. The van der Waals surface area contributed by atoms with Crippen molar-refractivity contribution in [3.63, 3.8) is 0 Å². The van der Waals surface area contributed by atoms with Gasteiger partial charge in [0.05, 0.1) is 19.3 Å². The van der Waals surface area contributed by atoms with Crippen LogP contribution in [0.4, 0.5) is 0 Å². The van der Waals surface area contributed by atoms with Crippen molar-refractivity contribution >= 4 is 0 Å². The zero-order valence-corrected chi connectivity index (χ0v) is 13.5. The van der Waals surface area contributed by atoms with Crippen LogP contribution in [0.5, 0.6) is 0 Å². The molecule has 1 unspecified atom stereocenters. The molecule has 1 aliphatic heterocycles. The number of aliphatic hydroxyl groups is 1. The molecule has 1 aromatic rings. The second kappa shape index (κ2) is 10.1. The lowest BCUT2D eigenvalue weighted by atomic mass is 10.2. The first kappa shape index (κ1) is 18.4. The van der Waals surface area contributed by atoms with E-state index in [1.807, 2.05) is 30.3 Å². The van der Waals surface area contributed by atoms with Crippen LogP contribution in [0.15, 0.2) is 30.3 Å². The molecule has 1 atom stereocenters. The molecule has 2 rings (SSSR count). The zero-order chi connectivity index (χ0) is 14.2. The Balaban J connectivity index is 0.00000220. The second-order valence-corrected chi connectivity index (χ2v) is 5.39. The largest absolute Gasteiger partial charge is 1.00 e. The van der Waals surface area contributed by atoms with Crippen LogP contribution in [-0.2, 0) is 11.3 Å². The minimum absolute atomic E-state index is 0. The molecule has 1 aliphatic rings. The maximum absolute atomic E-state index is 10.0. The molecule has 1 saturated heterocycles. The lowest BCUT2D eigenvalue weighted by Gasteiger charge is -2.34. The van der Waals surface area contributed by atoms with Crippen molar-refractivity contribution in [3.8, 4) is 0 Å². The van der Waals surface area contributed by atoms with E-state index in [1.54, 1.807) is 0 Å². The Kier molecular flexibility index (Phi) is 8.88. The molecule has 0 aliphatic carbocycles. The predicted octanol–water partition coefficient (Wildman–Crippen LogP) is -1.79. The first-order chi connectivity index (χ1) is 9.78. The Morgan fingerprint density at radius 2 is 1.71 bits per heavy atom. The number of β-amino-alcohol motifs (C(OH)–C–C–N with tert-alkyl or cyclic N) is 1. The van der Waals surface area contributed by atoms with Gasteiger partial charge in [-0.15, -0.1) is 0 Å². The molecule has 21 heavy (non-hydrogen) atoms. The van der Waals surface area contributed by atoms with E-state index in [0.717, 1.165) is 38.3 Å². The maximum Gasteiger partial charge on any atom is 0.0900 e. The first-order valence-electron chi connectivity index (χ1n) is 7.52. The zero-order valence-electron chi connectivity index (χ0n) is 12.7. The summed E-state index contributed by atoms with van der Waals surface area (Å²) in [7, 11) is 0. The normalized spacial score (nSPS) is 18.2. The fourth-order valence-corrected chi connectivity index (χ4v) is 2.53. The van der Waals surface area contributed by atoms with Crippen molar-refractivity contribution in [2.24, 2.45) is 0 Å². The van der Waals surface area contributed by atoms with Gasteiger partial charge in [-0.2, -0.15) is 0 Å². The summed E-state index contributed by atoms with van der Waals surface area (Å²) in [4.78, 5) is 4.76. The van der Waals surface area contributed by atoms with E-state index in [4.69, 9.17) is 4.74 Å². The van der Waals surface area contributed by atoms with Crippen molar-refractivity contribution in [3.05, 3.63) is 35.9 Å². The van der Waals surface area contributed by atoms with Gasteiger partial charge >= 0.3 is 0 Å². The second-order valence-electron chi connectivity index (χ2n) is 5.39. The standard InChI is InChI=1S/C16H26N2O2.ClH/c1-2-17-8-10-18(11-9-17)12-16(19)14-20-13-15-6-4-3-5-7-15;/h3-7,16,19H,2,8-14H2,1H3;1H/p-1.